The van der Waals surface area contributed by atoms with E-state index in [0.29, 0.717) is 11.1 Å². The van der Waals surface area contributed by atoms with Gasteiger partial charge in [0.1, 0.15) is 0 Å². The smallest absolute Gasteiger partial charge is 0.258 e. The van der Waals surface area contributed by atoms with Gasteiger partial charge in [0, 0.05) is 6.07 Å². The second-order valence-electron chi connectivity index (χ2n) is 2.40. The molecule has 0 aromatic heterocycles. The summed E-state index contributed by atoms with van der Waals surface area (Å²) in [5.74, 6) is 0. The van der Waals surface area contributed by atoms with E-state index in [1.165, 1.54) is 19.1 Å². The third-order valence-corrected chi connectivity index (χ3v) is 1.50. The van der Waals surface area contributed by atoms with Gasteiger partial charge in [0.05, 0.1) is 13.2 Å². The van der Waals surface area contributed by atoms with E-state index in [0.717, 1.165) is 0 Å². The van der Waals surface area contributed by atoms with E-state index in [9.17, 15) is 10.1 Å². The molecule has 1 rings (SSSR count). The maximum atomic E-state index is 10.6. The Bertz CT molecular complexity index is 398. The van der Waals surface area contributed by atoms with Crippen molar-refractivity contribution in [1.82, 2.24) is 0 Å². The Labute approximate surface area is 73.3 Å². The lowest BCUT2D eigenvalue weighted by Gasteiger charge is -1.99. The minimum Gasteiger partial charge on any atom is -0.258 e. The minimum absolute atomic E-state index is 0.0676. The molecule has 0 spiro atoms. The topological polar surface area (TPSA) is 43.1 Å². The zero-order chi connectivity index (χ0) is 10.7. The van der Waals surface area contributed by atoms with Gasteiger partial charge in [0.2, 0.25) is 0 Å². The Hall–Kier alpha value is -1.64. The van der Waals surface area contributed by atoms with Gasteiger partial charge in [-0.15, -0.1) is 0 Å². The molecule has 0 atom stereocenters. The Kier molecular flexibility index (Phi) is 1.57. The van der Waals surface area contributed by atoms with E-state index in [4.69, 9.17) is 2.74 Å². The molecule has 0 N–H and O–H groups in total. The molecular weight excluding hydrogens is 154 g/mol. The van der Waals surface area contributed by atoms with Gasteiger partial charge >= 0.3 is 0 Å². The van der Waals surface area contributed by atoms with Crippen LogP contribution in [0.1, 0.15) is 15.2 Å². The monoisotopic (exact) mass is 165 g/mol. The largest absolute Gasteiger partial charge is 0.276 e. The van der Waals surface area contributed by atoms with Crippen LogP contribution in [0, 0.1) is 10.1 Å². The molecule has 0 unspecified atom stereocenters. The highest BCUT2D eigenvalue weighted by Crippen LogP contribution is 2.23. The summed E-state index contributed by atoms with van der Waals surface area (Å²) in [6.45, 7) is 1.12. The van der Waals surface area contributed by atoms with Crippen molar-refractivity contribution >= 4 is 11.3 Å². The van der Waals surface area contributed by atoms with E-state index in [1.807, 2.05) is 0 Å². The number of nitro benzene ring substituents is 1. The average Bonchev–Trinajstić information content (AvgIpc) is 2.16. The fraction of sp³-hybridized carbons (Fsp3) is 0.111. The second-order valence-corrected chi connectivity index (χ2v) is 2.40. The minimum atomic E-state index is -0.512. The number of nitro groups is 1. The summed E-state index contributed by atoms with van der Waals surface area (Å²) in [5, 5.41) is 10.6. The molecule has 3 nitrogen and oxygen atoms in total. The molecule has 0 saturated heterocycles. The molecule has 0 amide bonds. The van der Waals surface area contributed by atoms with Gasteiger partial charge < -0.3 is 0 Å². The molecule has 3 heteroatoms. The summed E-state index contributed by atoms with van der Waals surface area (Å²) in [6.07, 6.45) is 0. The van der Waals surface area contributed by atoms with Crippen LogP contribution >= 0.6 is 0 Å². The number of hydrogen-bond acceptors (Lipinski definition) is 2. The zero-order valence-corrected chi connectivity index (χ0v) is 6.57. The van der Waals surface area contributed by atoms with Crippen LogP contribution in [0.4, 0.5) is 5.69 Å². The molecule has 0 bridgehead atoms. The maximum absolute atomic E-state index is 10.6. The molecule has 1 aromatic carbocycles. The third-order valence-electron chi connectivity index (χ3n) is 1.50. The van der Waals surface area contributed by atoms with Crippen molar-refractivity contribution in [2.24, 2.45) is 0 Å². The van der Waals surface area contributed by atoms with Gasteiger partial charge in [-0.05, 0) is 18.6 Å². The molecule has 12 heavy (non-hydrogen) atoms. The summed E-state index contributed by atoms with van der Waals surface area (Å²) in [5.41, 5.74) is 0.566. The molecule has 0 heterocycles. The first-order valence-corrected chi connectivity index (χ1v) is 3.42. The molecule has 0 radical (unpaired) electrons. The lowest BCUT2D eigenvalue weighted by molar-refractivity contribution is -0.385. The number of allylic oxidation sites excluding steroid dienone is 1. The van der Waals surface area contributed by atoms with Crippen molar-refractivity contribution in [3.05, 3.63) is 46.5 Å². The number of nitrogens with zero attached hydrogens (tertiary/aromatic N) is 1. The van der Waals surface area contributed by atoms with Crippen molar-refractivity contribution < 1.29 is 7.66 Å². The fourth-order valence-electron chi connectivity index (χ4n) is 0.950. The molecule has 0 fully saturated rings. The maximum Gasteiger partial charge on any atom is 0.276 e. The predicted octanol–water partition coefficient (Wildman–Crippen LogP) is 2.63. The summed E-state index contributed by atoms with van der Waals surface area (Å²) < 4.78 is 14.2. The van der Waals surface area contributed by atoms with Crippen LogP contribution in [0.15, 0.2) is 30.8 Å². The first-order valence-electron chi connectivity index (χ1n) is 4.42. The third kappa shape index (κ3) is 1.50. The van der Waals surface area contributed by atoms with Gasteiger partial charge in [-0.25, -0.2) is 0 Å². The number of rotatable bonds is 2. The van der Waals surface area contributed by atoms with Gasteiger partial charge in [0.25, 0.3) is 5.69 Å². The first-order chi connectivity index (χ1) is 6.54. The predicted molar refractivity (Wildman–Crippen MR) is 47.8 cm³/mol. The quantitative estimate of drug-likeness (QED) is 0.499. The molecule has 0 saturated carbocycles. The van der Waals surface area contributed by atoms with Crippen molar-refractivity contribution in [1.29, 1.82) is 0 Å². The molecule has 62 valence electrons. The number of hydrogen-bond donors (Lipinski definition) is 0. The lowest BCUT2D eigenvalue weighted by atomic mass is 10.1. The molecular formula is C9H9NO2. The van der Waals surface area contributed by atoms with Crippen molar-refractivity contribution in [3.8, 4) is 0 Å². The normalized spacial score (nSPS) is 11.4. The summed E-state index contributed by atoms with van der Waals surface area (Å²) >= 11 is 0. The Morgan fingerprint density at radius 3 is 2.92 bits per heavy atom. The highest BCUT2D eigenvalue weighted by Gasteiger charge is 2.11. The summed E-state index contributed by atoms with van der Waals surface area (Å²) in [6, 6.07) is 6.11. The van der Waals surface area contributed by atoms with E-state index in [-0.39, 0.29) is 5.69 Å². The molecule has 0 aliphatic heterocycles. The Morgan fingerprint density at radius 1 is 1.67 bits per heavy atom. The van der Waals surface area contributed by atoms with Crippen molar-refractivity contribution in [3.63, 3.8) is 0 Å². The SMILES string of the molecule is [2H]C([2H])=C(C)c1ccccc1[N+](=O)[O-]. The standard InChI is InChI=1S/C9H9NO2/c1-7(2)8-5-3-4-6-9(8)10(11)12/h3-6H,1H2,2H3/i1D2. The van der Waals surface area contributed by atoms with Crippen LogP contribution in [-0.2, 0) is 0 Å². The van der Waals surface area contributed by atoms with E-state index < -0.39 is 11.5 Å². The van der Waals surface area contributed by atoms with Crippen molar-refractivity contribution in [2.75, 3.05) is 0 Å². The van der Waals surface area contributed by atoms with E-state index in [2.05, 4.69) is 0 Å². The lowest BCUT2D eigenvalue weighted by Crippen LogP contribution is -1.92. The van der Waals surface area contributed by atoms with Crippen LogP contribution in [0.3, 0.4) is 0 Å². The molecule has 1 aromatic rings. The number of benzene rings is 1. The van der Waals surface area contributed by atoms with Crippen LogP contribution in [-0.4, -0.2) is 4.92 Å². The van der Waals surface area contributed by atoms with Crippen molar-refractivity contribution in [2.45, 2.75) is 6.92 Å². The Balaban J connectivity index is 3.35. The van der Waals surface area contributed by atoms with Gasteiger partial charge in [0.15, 0.2) is 0 Å². The Morgan fingerprint density at radius 2 is 2.33 bits per heavy atom. The average molecular weight is 165 g/mol. The van der Waals surface area contributed by atoms with E-state index >= 15 is 0 Å². The van der Waals surface area contributed by atoms with Crippen LogP contribution < -0.4 is 0 Å². The van der Waals surface area contributed by atoms with E-state index in [1.54, 1.807) is 12.1 Å². The fourth-order valence-corrected chi connectivity index (χ4v) is 0.950. The summed E-state index contributed by atoms with van der Waals surface area (Å²) in [7, 11) is 0. The highest BCUT2D eigenvalue weighted by atomic mass is 16.6. The van der Waals surface area contributed by atoms with Gasteiger partial charge in [-0.2, -0.15) is 0 Å². The summed E-state index contributed by atoms with van der Waals surface area (Å²) in [4.78, 5) is 10.1. The van der Waals surface area contributed by atoms with Crippen LogP contribution in [0.2, 0.25) is 0 Å². The molecule has 0 aliphatic carbocycles. The van der Waals surface area contributed by atoms with Crippen LogP contribution in [0.5, 0.6) is 0 Å². The molecule has 0 aliphatic rings. The van der Waals surface area contributed by atoms with Gasteiger partial charge in [-0.3, -0.25) is 10.1 Å². The zero-order valence-electron chi connectivity index (χ0n) is 8.57. The first kappa shape index (κ1) is 5.94. The highest BCUT2D eigenvalue weighted by molar-refractivity contribution is 5.69. The second kappa shape index (κ2) is 3.17. The van der Waals surface area contributed by atoms with Crippen LogP contribution in [0.25, 0.3) is 5.57 Å². The van der Waals surface area contributed by atoms with Gasteiger partial charge in [-0.1, -0.05) is 18.7 Å². The number of para-hydroxylation sites is 1.